The van der Waals surface area contributed by atoms with Crippen molar-refractivity contribution in [2.75, 3.05) is 5.01 Å². The molecule has 1 atom stereocenters. The summed E-state index contributed by atoms with van der Waals surface area (Å²) in [6, 6.07) is 8.08. The van der Waals surface area contributed by atoms with Gasteiger partial charge in [-0.2, -0.15) is 10.1 Å². The summed E-state index contributed by atoms with van der Waals surface area (Å²) >= 11 is 0. The van der Waals surface area contributed by atoms with E-state index in [4.69, 9.17) is 5.10 Å². The lowest BCUT2D eigenvalue weighted by molar-refractivity contribution is 0.634. The molecule has 0 bridgehead atoms. The molecule has 0 N–H and O–H groups in total. The molecule has 0 radical (unpaired) electrons. The van der Waals surface area contributed by atoms with E-state index < -0.39 is 5.69 Å². The molecule has 0 unspecified atom stereocenters. The number of aryl methyl sites for hydroxylation is 2. The number of rotatable bonds is 2. The molecule has 0 fully saturated rings. The summed E-state index contributed by atoms with van der Waals surface area (Å²) in [5, 5.41) is 6.50. The molecular formula is C19H22N6O2. The minimum Gasteiger partial charge on any atom is -0.294 e. The van der Waals surface area contributed by atoms with E-state index in [-0.39, 0.29) is 11.6 Å². The maximum absolute atomic E-state index is 12.8. The molecule has 0 amide bonds. The molecule has 0 aliphatic carbocycles. The van der Waals surface area contributed by atoms with Gasteiger partial charge in [-0.1, -0.05) is 29.8 Å². The number of hydrogen-bond donors (Lipinski definition) is 0. The summed E-state index contributed by atoms with van der Waals surface area (Å²) in [6.45, 7) is 6.50. The Bertz CT molecular complexity index is 1210. The molecule has 3 aromatic rings. The van der Waals surface area contributed by atoms with Crippen LogP contribution >= 0.6 is 0 Å². The van der Waals surface area contributed by atoms with E-state index in [0.717, 1.165) is 15.8 Å². The zero-order valence-corrected chi connectivity index (χ0v) is 16.1. The highest BCUT2D eigenvalue weighted by Gasteiger charge is 2.30. The Kier molecular flexibility index (Phi) is 3.80. The molecule has 1 aliphatic rings. The van der Waals surface area contributed by atoms with Crippen LogP contribution in [0.4, 0.5) is 5.95 Å². The van der Waals surface area contributed by atoms with E-state index >= 15 is 0 Å². The number of imidazole rings is 1. The van der Waals surface area contributed by atoms with Gasteiger partial charge in [0.25, 0.3) is 5.56 Å². The van der Waals surface area contributed by atoms with Gasteiger partial charge in [-0.05, 0) is 26.3 Å². The smallest absolute Gasteiger partial charge is 0.294 e. The zero-order chi connectivity index (χ0) is 19.5. The Morgan fingerprint density at radius 1 is 1.11 bits per heavy atom. The number of hydrazone groups is 1. The Labute approximate surface area is 156 Å². The van der Waals surface area contributed by atoms with Crippen LogP contribution in [0.2, 0.25) is 0 Å². The fraction of sp³-hybridized carbons (Fsp3) is 0.368. The second-order valence-electron chi connectivity index (χ2n) is 7.12. The molecule has 0 saturated carbocycles. The van der Waals surface area contributed by atoms with E-state index in [1.54, 1.807) is 12.1 Å². The first-order chi connectivity index (χ1) is 12.8. The summed E-state index contributed by atoms with van der Waals surface area (Å²) in [5.74, 6) is 0.572. The fourth-order valence-electron chi connectivity index (χ4n) is 3.55. The van der Waals surface area contributed by atoms with Gasteiger partial charge in [0.1, 0.15) is 0 Å². The third kappa shape index (κ3) is 2.51. The van der Waals surface area contributed by atoms with Crippen molar-refractivity contribution in [2.45, 2.75) is 33.4 Å². The maximum atomic E-state index is 12.8. The van der Waals surface area contributed by atoms with Crippen LogP contribution in [0.1, 0.15) is 31.0 Å². The largest absolute Gasteiger partial charge is 0.332 e. The van der Waals surface area contributed by atoms with Crippen LogP contribution < -0.4 is 16.3 Å². The van der Waals surface area contributed by atoms with Crippen LogP contribution in [0.3, 0.4) is 0 Å². The van der Waals surface area contributed by atoms with Crippen LogP contribution in [0.25, 0.3) is 11.2 Å². The Morgan fingerprint density at radius 3 is 2.56 bits per heavy atom. The quantitative estimate of drug-likeness (QED) is 0.692. The summed E-state index contributed by atoms with van der Waals surface area (Å²) in [5.41, 5.74) is 3.22. The van der Waals surface area contributed by atoms with Crippen LogP contribution in [0.15, 0.2) is 39.0 Å². The Balaban J connectivity index is 1.97. The maximum Gasteiger partial charge on any atom is 0.332 e. The van der Waals surface area contributed by atoms with Gasteiger partial charge >= 0.3 is 5.69 Å². The summed E-state index contributed by atoms with van der Waals surface area (Å²) in [4.78, 5) is 29.8. The van der Waals surface area contributed by atoms with Crippen molar-refractivity contribution in [1.29, 1.82) is 0 Å². The van der Waals surface area contributed by atoms with Crippen molar-refractivity contribution in [3.05, 3.63) is 56.2 Å². The lowest BCUT2D eigenvalue weighted by Gasteiger charge is -2.29. The van der Waals surface area contributed by atoms with Crippen LogP contribution in [0, 0.1) is 6.92 Å². The highest BCUT2D eigenvalue weighted by atomic mass is 16.2. The summed E-state index contributed by atoms with van der Waals surface area (Å²) in [7, 11) is 3.12. The normalized spacial score (nSPS) is 16.6. The van der Waals surface area contributed by atoms with Crippen molar-refractivity contribution in [3.8, 4) is 0 Å². The van der Waals surface area contributed by atoms with Gasteiger partial charge in [0.15, 0.2) is 11.2 Å². The highest BCUT2D eigenvalue weighted by Crippen LogP contribution is 2.30. The molecule has 3 heterocycles. The average Bonchev–Trinajstić information content (AvgIpc) is 3.04. The van der Waals surface area contributed by atoms with Gasteiger partial charge in [-0.25, -0.2) is 9.80 Å². The number of nitrogens with zero attached hydrogens (tertiary/aromatic N) is 6. The first-order valence-electron chi connectivity index (χ1n) is 8.85. The molecule has 2 aromatic heterocycles. The van der Waals surface area contributed by atoms with Crippen LogP contribution in [-0.4, -0.2) is 24.4 Å². The predicted molar refractivity (Wildman–Crippen MR) is 105 cm³/mol. The van der Waals surface area contributed by atoms with E-state index in [0.29, 0.717) is 23.7 Å². The molecule has 140 valence electrons. The lowest BCUT2D eigenvalue weighted by atomic mass is 10.1. The molecule has 1 aromatic carbocycles. The summed E-state index contributed by atoms with van der Waals surface area (Å²) < 4.78 is 4.42. The first-order valence-corrected chi connectivity index (χ1v) is 8.85. The third-order valence-electron chi connectivity index (χ3n) is 5.19. The minimum absolute atomic E-state index is 0.121. The molecule has 0 spiro atoms. The molecular weight excluding hydrogens is 344 g/mol. The predicted octanol–water partition coefficient (Wildman–Crippen LogP) is 1.70. The van der Waals surface area contributed by atoms with Gasteiger partial charge in [0, 0.05) is 14.1 Å². The monoisotopic (exact) mass is 366 g/mol. The van der Waals surface area contributed by atoms with Crippen molar-refractivity contribution < 1.29 is 0 Å². The highest BCUT2D eigenvalue weighted by molar-refractivity contribution is 5.91. The van der Waals surface area contributed by atoms with Crippen LogP contribution in [-0.2, 0) is 20.6 Å². The molecule has 4 rings (SSSR count). The number of hydrogen-bond acceptors (Lipinski definition) is 5. The first kappa shape index (κ1) is 17.3. The van der Waals surface area contributed by atoms with E-state index in [2.05, 4.69) is 11.1 Å². The molecule has 27 heavy (non-hydrogen) atoms. The average molecular weight is 366 g/mol. The number of aromatic nitrogens is 4. The number of fused-ring (bicyclic) bond motifs is 3. The fourth-order valence-corrected chi connectivity index (χ4v) is 3.55. The SMILES string of the molecule is CC1=NN(Cc2cccc(C)c2)c2nc3c(c(=O)n(C)c(=O)n3C)n2[C@@H]1C. The molecule has 0 saturated heterocycles. The Hall–Kier alpha value is -3.16. The second kappa shape index (κ2) is 5.94. The van der Waals surface area contributed by atoms with Crippen molar-refractivity contribution >= 4 is 22.8 Å². The number of anilines is 1. The van der Waals surface area contributed by atoms with Crippen molar-refractivity contribution in [1.82, 2.24) is 18.7 Å². The van der Waals surface area contributed by atoms with Gasteiger partial charge < -0.3 is 0 Å². The van der Waals surface area contributed by atoms with Gasteiger partial charge in [0.05, 0.1) is 18.3 Å². The van der Waals surface area contributed by atoms with E-state index in [1.165, 1.54) is 17.2 Å². The van der Waals surface area contributed by atoms with E-state index in [9.17, 15) is 9.59 Å². The van der Waals surface area contributed by atoms with Crippen molar-refractivity contribution in [2.24, 2.45) is 19.2 Å². The Morgan fingerprint density at radius 2 is 1.85 bits per heavy atom. The lowest BCUT2D eigenvalue weighted by Crippen LogP contribution is -2.38. The van der Waals surface area contributed by atoms with Crippen molar-refractivity contribution in [3.63, 3.8) is 0 Å². The standard InChI is InChI=1S/C19H22N6O2/c1-11-7-6-8-14(9-11)10-24-18-20-16-15(25(18)13(3)12(2)21-24)17(26)23(5)19(27)22(16)4/h6-9,13H,10H2,1-5H3/t13-/m1/s1. The van der Waals surface area contributed by atoms with Gasteiger partial charge in [-0.3, -0.25) is 18.5 Å². The summed E-state index contributed by atoms with van der Waals surface area (Å²) in [6.07, 6.45) is 0. The minimum atomic E-state index is -0.390. The molecule has 1 aliphatic heterocycles. The second-order valence-corrected chi connectivity index (χ2v) is 7.12. The van der Waals surface area contributed by atoms with Gasteiger partial charge in [0.2, 0.25) is 5.95 Å². The number of benzene rings is 1. The topological polar surface area (TPSA) is 77.4 Å². The zero-order valence-electron chi connectivity index (χ0n) is 16.1. The third-order valence-corrected chi connectivity index (χ3v) is 5.19. The molecule has 8 heteroatoms. The van der Waals surface area contributed by atoms with Crippen LogP contribution in [0.5, 0.6) is 0 Å². The van der Waals surface area contributed by atoms with Gasteiger partial charge in [-0.15, -0.1) is 0 Å². The van der Waals surface area contributed by atoms with E-state index in [1.807, 2.05) is 43.5 Å². The molecule has 8 nitrogen and oxygen atoms in total.